The van der Waals surface area contributed by atoms with Gasteiger partial charge in [0.15, 0.2) is 0 Å². The molecule has 0 saturated carbocycles. The molecule has 1 aromatic carbocycles. The van der Waals surface area contributed by atoms with E-state index in [0.29, 0.717) is 0 Å². The number of benzene rings is 1. The first kappa shape index (κ1) is 9.47. The van der Waals surface area contributed by atoms with Gasteiger partial charge in [-0.05, 0) is 37.9 Å². The summed E-state index contributed by atoms with van der Waals surface area (Å²) in [6, 6.07) is 10.6. The van der Waals surface area contributed by atoms with Crippen LogP contribution in [0.25, 0.3) is 6.08 Å². The average molecular weight is 187 g/mol. The van der Waals surface area contributed by atoms with Crippen LogP contribution in [0.3, 0.4) is 0 Å². The maximum Gasteiger partial charge on any atom is -0.00115 e. The van der Waals surface area contributed by atoms with Crippen LogP contribution >= 0.6 is 0 Å². The van der Waals surface area contributed by atoms with Gasteiger partial charge in [-0.15, -0.1) is 0 Å². The third-order valence-corrected chi connectivity index (χ3v) is 2.64. The van der Waals surface area contributed by atoms with Crippen molar-refractivity contribution in [3.05, 3.63) is 41.5 Å². The molecule has 1 aliphatic heterocycles. The molecule has 1 heteroatoms. The summed E-state index contributed by atoms with van der Waals surface area (Å²) in [5.41, 5.74) is 2.92. The molecule has 0 aliphatic carbocycles. The molecule has 1 aliphatic rings. The summed E-state index contributed by atoms with van der Waals surface area (Å²) in [7, 11) is 0. The molecule has 0 amide bonds. The van der Waals surface area contributed by atoms with Crippen LogP contribution in [0.2, 0.25) is 0 Å². The molecule has 1 nitrogen and oxygen atoms in total. The lowest BCUT2D eigenvalue weighted by atomic mass is 10.0. The van der Waals surface area contributed by atoms with Crippen molar-refractivity contribution in [2.75, 3.05) is 13.1 Å². The Balaban J connectivity index is 2.09. The second-order valence-electron chi connectivity index (χ2n) is 3.82. The van der Waals surface area contributed by atoms with E-state index in [4.69, 9.17) is 0 Å². The van der Waals surface area contributed by atoms with Crippen LogP contribution in [-0.2, 0) is 0 Å². The van der Waals surface area contributed by atoms with E-state index < -0.39 is 0 Å². The van der Waals surface area contributed by atoms with Crippen LogP contribution in [0.5, 0.6) is 0 Å². The van der Waals surface area contributed by atoms with E-state index in [2.05, 4.69) is 41.7 Å². The Hall–Kier alpha value is -1.08. The van der Waals surface area contributed by atoms with Crippen molar-refractivity contribution in [2.24, 2.45) is 0 Å². The van der Waals surface area contributed by atoms with Crippen molar-refractivity contribution in [1.82, 2.24) is 5.32 Å². The zero-order chi connectivity index (χ0) is 9.64. The van der Waals surface area contributed by atoms with E-state index in [-0.39, 0.29) is 0 Å². The van der Waals surface area contributed by atoms with Gasteiger partial charge in [0.25, 0.3) is 0 Å². The smallest absolute Gasteiger partial charge is 0.00115 e. The first-order chi connectivity index (χ1) is 6.95. The lowest BCUT2D eigenvalue weighted by molar-refractivity contribution is 0.703. The Morgan fingerprint density at radius 2 is 1.86 bits per heavy atom. The van der Waals surface area contributed by atoms with Crippen molar-refractivity contribution in [1.29, 1.82) is 0 Å². The number of hydrogen-bond donors (Lipinski definition) is 1. The van der Waals surface area contributed by atoms with Crippen LogP contribution in [0, 0.1) is 0 Å². The van der Waals surface area contributed by atoms with E-state index >= 15 is 0 Å². The van der Waals surface area contributed by atoms with Gasteiger partial charge in [0, 0.05) is 0 Å². The van der Waals surface area contributed by atoms with E-state index in [1.165, 1.54) is 31.4 Å². The number of nitrogens with one attached hydrogen (secondary N) is 1. The van der Waals surface area contributed by atoms with Crippen LogP contribution < -0.4 is 5.32 Å². The highest BCUT2D eigenvalue weighted by Gasteiger charge is 2.02. The number of hydrogen-bond acceptors (Lipinski definition) is 1. The average Bonchev–Trinajstić information content (AvgIpc) is 2.48. The highest BCUT2D eigenvalue weighted by molar-refractivity contribution is 5.52. The molecular formula is C13H17N. The summed E-state index contributed by atoms with van der Waals surface area (Å²) < 4.78 is 0. The minimum Gasteiger partial charge on any atom is -0.316 e. The minimum atomic E-state index is 1.14. The Kier molecular flexibility index (Phi) is 3.36. The molecule has 1 fully saturated rings. The van der Waals surface area contributed by atoms with Gasteiger partial charge in [0.1, 0.15) is 0 Å². The van der Waals surface area contributed by atoms with Crippen molar-refractivity contribution >= 4 is 6.08 Å². The normalized spacial score (nSPS) is 20.7. The van der Waals surface area contributed by atoms with E-state index in [0.717, 1.165) is 6.54 Å². The predicted molar refractivity (Wildman–Crippen MR) is 61.1 cm³/mol. The first-order valence-electron chi connectivity index (χ1n) is 5.40. The Morgan fingerprint density at radius 1 is 1.00 bits per heavy atom. The third kappa shape index (κ3) is 2.71. The fraction of sp³-hybridized carbons (Fsp3) is 0.385. The van der Waals surface area contributed by atoms with E-state index in [1.54, 1.807) is 5.57 Å². The summed E-state index contributed by atoms with van der Waals surface area (Å²) in [4.78, 5) is 0. The van der Waals surface area contributed by atoms with Crippen LogP contribution in [-0.4, -0.2) is 13.1 Å². The van der Waals surface area contributed by atoms with Gasteiger partial charge in [-0.25, -0.2) is 0 Å². The predicted octanol–water partition coefficient (Wildman–Crippen LogP) is 2.84. The molecule has 0 unspecified atom stereocenters. The van der Waals surface area contributed by atoms with Gasteiger partial charge in [0.2, 0.25) is 0 Å². The molecule has 1 N–H and O–H groups in total. The number of rotatable bonds is 1. The summed E-state index contributed by atoms with van der Waals surface area (Å²) >= 11 is 0. The Morgan fingerprint density at radius 3 is 2.71 bits per heavy atom. The monoisotopic (exact) mass is 187 g/mol. The topological polar surface area (TPSA) is 12.0 Å². The lowest BCUT2D eigenvalue weighted by Gasteiger charge is -2.01. The zero-order valence-electron chi connectivity index (χ0n) is 8.50. The summed E-state index contributed by atoms with van der Waals surface area (Å²) in [6.07, 6.45) is 6.07. The lowest BCUT2D eigenvalue weighted by Crippen LogP contribution is -2.13. The molecule has 0 atom stereocenters. The maximum atomic E-state index is 3.42. The molecule has 1 saturated heterocycles. The molecule has 2 rings (SSSR count). The SMILES string of the molecule is C(=C1\CCCNCC1)/c1ccccc1. The van der Waals surface area contributed by atoms with Gasteiger partial charge >= 0.3 is 0 Å². The molecule has 1 heterocycles. The second-order valence-corrected chi connectivity index (χ2v) is 3.82. The van der Waals surface area contributed by atoms with Crippen molar-refractivity contribution in [2.45, 2.75) is 19.3 Å². The minimum absolute atomic E-state index is 1.14. The van der Waals surface area contributed by atoms with Crippen LogP contribution in [0.4, 0.5) is 0 Å². The van der Waals surface area contributed by atoms with E-state index in [9.17, 15) is 0 Å². The van der Waals surface area contributed by atoms with E-state index in [1.807, 2.05) is 0 Å². The molecule has 0 radical (unpaired) electrons. The van der Waals surface area contributed by atoms with Gasteiger partial charge in [-0.1, -0.05) is 42.0 Å². The Bertz CT molecular complexity index is 290. The largest absolute Gasteiger partial charge is 0.316 e. The van der Waals surface area contributed by atoms with Gasteiger partial charge < -0.3 is 5.32 Å². The highest BCUT2D eigenvalue weighted by Crippen LogP contribution is 2.16. The van der Waals surface area contributed by atoms with Crippen molar-refractivity contribution < 1.29 is 0 Å². The second kappa shape index (κ2) is 4.97. The van der Waals surface area contributed by atoms with Crippen molar-refractivity contribution in [3.63, 3.8) is 0 Å². The highest BCUT2D eigenvalue weighted by atomic mass is 14.8. The van der Waals surface area contributed by atoms with Gasteiger partial charge in [0.05, 0.1) is 0 Å². The third-order valence-electron chi connectivity index (χ3n) is 2.64. The zero-order valence-corrected chi connectivity index (χ0v) is 8.50. The van der Waals surface area contributed by atoms with Gasteiger partial charge in [-0.2, -0.15) is 0 Å². The molecule has 74 valence electrons. The molecular weight excluding hydrogens is 170 g/mol. The van der Waals surface area contributed by atoms with Crippen LogP contribution in [0.15, 0.2) is 35.9 Å². The molecule has 0 bridgehead atoms. The van der Waals surface area contributed by atoms with Crippen LogP contribution in [0.1, 0.15) is 24.8 Å². The fourth-order valence-corrected chi connectivity index (χ4v) is 1.87. The summed E-state index contributed by atoms with van der Waals surface area (Å²) in [6.45, 7) is 2.31. The summed E-state index contributed by atoms with van der Waals surface area (Å²) in [5.74, 6) is 0. The van der Waals surface area contributed by atoms with Gasteiger partial charge in [-0.3, -0.25) is 0 Å². The first-order valence-corrected chi connectivity index (χ1v) is 5.40. The maximum absolute atomic E-state index is 3.42. The summed E-state index contributed by atoms with van der Waals surface area (Å²) in [5, 5.41) is 3.42. The molecule has 0 aromatic heterocycles. The molecule has 14 heavy (non-hydrogen) atoms. The molecule has 1 aromatic rings. The standard InChI is InChI=1S/C13H17N/c1-2-5-12(6-3-1)11-13-7-4-9-14-10-8-13/h1-3,5-6,11,14H,4,7-10H2/b13-11-. The quantitative estimate of drug-likeness (QED) is 0.713. The molecule has 0 spiro atoms. The van der Waals surface area contributed by atoms with Crippen molar-refractivity contribution in [3.8, 4) is 0 Å². The fourth-order valence-electron chi connectivity index (χ4n) is 1.87. The Labute approximate surface area is 85.8 Å².